The predicted molar refractivity (Wildman–Crippen MR) is 120 cm³/mol. The molecular weight excluding hydrogens is 488 g/mol. The van der Waals surface area contributed by atoms with Crippen molar-refractivity contribution in [3.8, 4) is 16.5 Å². The Morgan fingerprint density at radius 3 is 2.47 bits per heavy atom. The molecule has 0 aliphatic carbocycles. The van der Waals surface area contributed by atoms with Gasteiger partial charge in [0.25, 0.3) is 0 Å². The van der Waals surface area contributed by atoms with Gasteiger partial charge in [0.05, 0.1) is 16.9 Å². The van der Waals surface area contributed by atoms with E-state index in [1.54, 1.807) is 19.2 Å². The predicted octanol–water partition coefficient (Wildman–Crippen LogP) is 5.62. The van der Waals surface area contributed by atoms with E-state index < -0.39 is 9.84 Å². The normalized spacial score (nSPS) is 11.4. The number of aromatic nitrogens is 1. The first-order valence-corrected chi connectivity index (χ1v) is 12.0. The fourth-order valence-corrected chi connectivity index (χ4v) is 4.95. The molecule has 0 saturated carbocycles. The summed E-state index contributed by atoms with van der Waals surface area (Å²) < 4.78 is 38.3. The topological polar surface area (TPSA) is 81.4 Å². The summed E-state index contributed by atoms with van der Waals surface area (Å²) in [6.07, 6.45) is 0. The third-order valence-electron chi connectivity index (χ3n) is 4.32. The van der Waals surface area contributed by atoms with Gasteiger partial charge in [0.2, 0.25) is 26.6 Å². The Morgan fingerprint density at radius 2 is 1.83 bits per heavy atom. The number of halogens is 1. The average molecular weight is 505 g/mol. The maximum atomic E-state index is 13.3. The minimum Gasteiger partial charge on any atom is -0.497 e. The first-order chi connectivity index (χ1) is 14.5. The molecule has 4 aromatic rings. The summed E-state index contributed by atoms with van der Waals surface area (Å²) in [6, 6.07) is 17.6. The molecular formula is C21H17BrN2O4S2. The summed E-state index contributed by atoms with van der Waals surface area (Å²) in [4.78, 5) is 5.22. The van der Waals surface area contributed by atoms with Crippen LogP contribution in [0.2, 0.25) is 0 Å². The lowest BCUT2D eigenvalue weighted by Crippen LogP contribution is -2.07. The van der Waals surface area contributed by atoms with E-state index in [-0.39, 0.29) is 21.7 Å². The highest BCUT2D eigenvalue weighted by atomic mass is 79.9. The van der Waals surface area contributed by atoms with Gasteiger partial charge in [0.15, 0.2) is 0 Å². The second kappa shape index (κ2) is 8.63. The zero-order chi connectivity index (χ0) is 21.1. The van der Waals surface area contributed by atoms with Gasteiger partial charge in [0.1, 0.15) is 5.75 Å². The van der Waals surface area contributed by atoms with Crippen LogP contribution in [-0.4, -0.2) is 20.5 Å². The summed E-state index contributed by atoms with van der Waals surface area (Å²) in [5, 5.41) is 4.83. The van der Waals surface area contributed by atoms with E-state index in [1.165, 1.54) is 23.5 Å². The molecule has 4 rings (SSSR count). The number of oxazole rings is 1. The molecule has 0 amide bonds. The number of nitrogens with one attached hydrogen (secondary N) is 1. The van der Waals surface area contributed by atoms with Crippen LogP contribution >= 0.6 is 27.3 Å². The second-order valence-corrected chi connectivity index (χ2v) is 10.0. The molecule has 0 fully saturated rings. The molecule has 2 aromatic heterocycles. The van der Waals surface area contributed by atoms with Gasteiger partial charge in [-0.1, -0.05) is 34.1 Å². The second-order valence-electron chi connectivity index (χ2n) is 6.29. The van der Waals surface area contributed by atoms with Gasteiger partial charge in [0, 0.05) is 11.0 Å². The zero-order valence-corrected chi connectivity index (χ0v) is 19.1. The third-order valence-corrected chi connectivity index (χ3v) is 7.38. The molecule has 6 nitrogen and oxygen atoms in total. The third kappa shape index (κ3) is 4.28. The van der Waals surface area contributed by atoms with Crippen molar-refractivity contribution < 1.29 is 17.6 Å². The van der Waals surface area contributed by atoms with Crippen LogP contribution in [0.4, 0.5) is 5.88 Å². The summed E-state index contributed by atoms with van der Waals surface area (Å²) >= 11 is 4.75. The lowest BCUT2D eigenvalue weighted by molar-refractivity contribution is 0.414. The Bertz CT molecular complexity index is 1230. The highest BCUT2D eigenvalue weighted by Crippen LogP contribution is 2.34. The number of rotatable bonds is 7. The largest absolute Gasteiger partial charge is 0.497 e. The Labute approximate surface area is 186 Å². The van der Waals surface area contributed by atoms with Crippen molar-refractivity contribution in [2.24, 2.45) is 0 Å². The number of benzene rings is 2. The number of anilines is 1. The first-order valence-electron chi connectivity index (χ1n) is 8.89. The number of hydrogen-bond donors (Lipinski definition) is 1. The highest BCUT2D eigenvalue weighted by molar-refractivity contribution is 9.10. The molecule has 2 aromatic carbocycles. The zero-order valence-electron chi connectivity index (χ0n) is 15.8. The van der Waals surface area contributed by atoms with Crippen LogP contribution in [0.15, 0.2) is 84.9 Å². The molecule has 0 unspecified atom stereocenters. The fraction of sp³-hybridized carbons (Fsp3) is 0.0952. The number of hydrogen-bond acceptors (Lipinski definition) is 7. The highest BCUT2D eigenvalue weighted by Gasteiger charge is 2.28. The first kappa shape index (κ1) is 20.6. The van der Waals surface area contributed by atoms with Gasteiger partial charge in [-0.3, -0.25) is 0 Å². The maximum Gasteiger partial charge on any atom is 0.240 e. The van der Waals surface area contributed by atoms with Crippen LogP contribution in [0.1, 0.15) is 5.56 Å². The van der Waals surface area contributed by atoms with Crippen molar-refractivity contribution in [1.29, 1.82) is 0 Å². The van der Waals surface area contributed by atoms with Crippen LogP contribution in [0.5, 0.6) is 5.75 Å². The smallest absolute Gasteiger partial charge is 0.240 e. The lowest BCUT2D eigenvalue weighted by atomic mass is 10.2. The maximum absolute atomic E-state index is 13.3. The standard InChI is InChI=1S/C21H17BrN2O4S2/c1-27-16-8-4-14(5-9-16)13-23-20-21(24-19(28-20)18-3-2-12-29-18)30(25,26)17-10-6-15(22)7-11-17/h2-12,23H,13H2,1H3. The lowest BCUT2D eigenvalue weighted by Gasteiger charge is -2.07. The number of thiophene rings is 1. The quantitative estimate of drug-likeness (QED) is 0.351. The average Bonchev–Trinajstić information content (AvgIpc) is 3.43. The molecule has 0 radical (unpaired) electrons. The van der Waals surface area contributed by atoms with Crippen LogP contribution in [0.3, 0.4) is 0 Å². The molecule has 9 heteroatoms. The minimum absolute atomic E-state index is 0.108. The molecule has 0 bridgehead atoms. The number of nitrogens with zero attached hydrogens (tertiary/aromatic N) is 1. The van der Waals surface area contributed by atoms with E-state index in [4.69, 9.17) is 9.15 Å². The summed E-state index contributed by atoms with van der Waals surface area (Å²) in [5.74, 6) is 1.12. The molecule has 30 heavy (non-hydrogen) atoms. The van der Waals surface area contributed by atoms with E-state index in [0.29, 0.717) is 6.54 Å². The minimum atomic E-state index is -3.88. The Morgan fingerprint density at radius 1 is 1.10 bits per heavy atom. The van der Waals surface area contributed by atoms with Crippen LogP contribution in [0, 0.1) is 0 Å². The van der Waals surface area contributed by atoms with Crippen molar-refractivity contribution in [2.75, 3.05) is 12.4 Å². The van der Waals surface area contributed by atoms with Gasteiger partial charge in [-0.25, -0.2) is 8.42 Å². The summed E-state index contributed by atoms with van der Waals surface area (Å²) in [5.41, 5.74) is 0.942. The van der Waals surface area contributed by atoms with Gasteiger partial charge < -0.3 is 14.5 Å². The van der Waals surface area contributed by atoms with E-state index in [2.05, 4.69) is 26.2 Å². The molecule has 0 aliphatic rings. The SMILES string of the molecule is COc1ccc(CNc2oc(-c3cccs3)nc2S(=O)(=O)c2ccc(Br)cc2)cc1. The molecule has 0 saturated heterocycles. The van der Waals surface area contributed by atoms with E-state index in [1.807, 2.05) is 41.8 Å². The molecule has 1 N–H and O–H groups in total. The van der Waals surface area contributed by atoms with Crippen LogP contribution < -0.4 is 10.1 Å². The number of sulfone groups is 1. The summed E-state index contributed by atoms with van der Waals surface area (Å²) in [7, 11) is -2.27. The number of ether oxygens (including phenoxy) is 1. The fourth-order valence-electron chi connectivity index (χ4n) is 2.76. The van der Waals surface area contributed by atoms with E-state index >= 15 is 0 Å². The monoisotopic (exact) mass is 504 g/mol. The van der Waals surface area contributed by atoms with Crippen molar-refractivity contribution >= 4 is 43.0 Å². The summed E-state index contributed by atoms with van der Waals surface area (Å²) in [6.45, 7) is 0.367. The molecule has 154 valence electrons. The van der Waals surface area contributed by atoms with E-state index in [0.717, 1.165) is 20.7 Å². The Hall–Kier alpha value is -2.62. The van der Waals surface area contributed by atoms with Crippen LogP contribution in [0.25, 0.3) is 10.8 Å². The van der Waals surface area contributed by atoms with Gasteiger partial charge >= 0.3 is 0 Å². The Balaban J connectivity index is 1.70. The molecule has 2 heterocycles. The van der Waals surface area contributed by atoms with Crippen LogP contribution in [-0.2, 0) is 16.4 Å². The molecule has 0 aliphatic heterocycles. The Kier molecular flexibility index (Phi) is 5.94. The van der Waals surface area contributed by atoms with Gasteiger partial charge in [-0.15, -0.1) is 11.3 Å². The van der Waals surface area contributed by atoms with Crippen molar-refractivity contribution in [3.05, 3.63) is 76.1 Å². The van der Waals surface area contributed by atoms with Gasteiger partial charge in [-0.05, 0) is 53.4 Å². The molecule has 0 spiro atoms. The van der Waals surface area contributed by atoms with Crippen molar-refractivity contribution in [3.63, 3.8) is 0 Å². The van der Waals surface area contributed by atoms with Gasteiger partial charge in [-0.2, -0.15) is 4.98 Å². The van der Waals surface area contributed by atoms with E-state index in [9.17, 15) is 8.42 Å². The number of methoxy groups -OCH3 is 1. The molecule has 0 atom stereocenters. The van der Waals surface area contributed by atoms with Crippen molar-refractivity contribution in [2.45, 2.75) is 16.5 Å². The van der Waals surface area contributed by atoms with Crippen molar-refractivity contribution in [1.82, 2.24) is 4.98 Å².